The fraction of sp³-hybridized carbons (Fsp3) is 0.538. The highest BCUT2D eigenvalue weighted by molar-refractivity contribution is 5.85. The van der Waals surface area contributed by atoms with Gasteiger partial charge < -0.3 is 10.5 Å². The summed E-state index contributed by atoms with van der Waals surface area (Å²) in [6.45, 7) is 2.71. The van der Waals surface area contributed by atoms with Gasteiger partial charge >= 0.3 is 0 Å². The molecule has 0 unspecified atom stereocenters. The number of halogens is 1. The first-order valence-corrected chi connectivity index (χ1v) is 5.78. The summed E-state index contributed by atoms with van der Waals surface area (Å²) in [5.41, 5.74) is 7.35. The van der Waals surface area contributed by atoms with Gasteiger partial charge in [0.25, 0.3) is 0 Å². The van der Waals surface area contributed by atoms with E-state index in [1.165, 1.54) is 18.4 Å². The highest BCUT2D eigenvalue weighted by Gasteiger charge is 2.24. The molecule has 0 radical (unpaired) electrons. The van der Waals surface area contributed by atoms with Crippen molar-refractivity contribution < 1.29 is 4.74 Å². The molecule has 1 fully saturated rings. The van der Waals surface area contributed by atoms with Crippen molar-refractivity contribution in [2.45, 2.75) is 32.2 Å². The Bertz CT molecular complexity index is 325. The fourth-order valence-electron chi connectivity index (χ4n) is 1.85. The van der Waals surface area contributed by atoms with Gasteiger partial charge in [-0.2, -0.15) is 0 Å². The van der Waals surface area contributed by atoms with Crippen LogP contribution >= 0.6 is 12.4 Å². The maximum atomic E-state index is 6.15. The molecular weight excluding hydrogens is 222 g/mol. The Balaban J connectivity index is 0.00000128. The number of rotatable bonds is 5. The molecule has 2 rings (SSSR count). The summed E-state index contributed by atoms with van der Waals surface area (Å²) in [6.07, 6.45) is 3.84. The molecule has 1 saturated carbocycles. The Morgan fingerprint density at radius 2 is 2.19 bits per heavy atom. The topological polar surface area (TPSA) is 35.2 Å². The second kappa shape index (κ2) is 6.12. The predicted molar refractivity (Wildman–Crippen MR) is 69.1 cm³/mol. The Morgan fingerprint density at radius 3 is 2.81 bits per heavy atom. The van der Waals surface area contributed by atoms with E-state index in [1.807, 2.05) is 19.1 Å². The van der Waals surface area contributed by atoms with Crippen molar-refractivity contribution in [1.82, 2.24) is 0 Å². The number of hydrogen-bond acceptors (Lipinski definition) is 2. The normalized spacial score (nSPS) is 16.4. The minimum atomic E-state index is 0. The Morgan fingerprint density at radius 1 is 1.44 bits per heavy atom. The Labute approximate surface area is 104 Å². The van der Waals surface area contributed by atoms with E-state index < -0.39 is 0 Å². The minimum absolute atomic E-state index is 0. The summed E-state index contributed by atoms with van der Waals surface area (Å²) >= 11 is 0. The summed E-state index contributed by atoms with van der Waals surface area (Å²) in [5, 5.41) is 0. The van der Waals surface area contributed by atoms with Crippen molar-refractivity contribution in [3.8, 4) is 5.75 Å². The van der Waals surface area contributed by atoms with Gasteiger partial charge in [0.05, 0.1) is 6.61 Å². The lowest BCUT2D eigenvalue weighted by Crippen LogP contribution is -2.11. The molecule has 0 bridgehead atoms. The number of nitrogens with two attached hydrogens (primary N) is 1. The predicted octanol–water partition coefficient (Wildman–Crippen LogP) is 3.31. The molecule has 1 aliphatic rings. The molecule has 0 saturated heterocycles. The first-order chi connectivity index (χ1) is 7.29. The van der Waals surface area contributed by atoms with Crippen LogP contribution in [0.15, 0.2) is 24.3 Å². The summed E-state index contributed by atoms with van der Waals surface area (Å²) in [4.78, 5) is 0. The molecule has 1 atom stereocenters. The largest absolute Gasteiger partial charge is 0.494 e. The van der Waals surface area contributed by atoms with E-state index in [0.717, 1.165) is 18.1 Å². The van der Waals surface area contributed by atoms with Gasteiger partial charge in [-0.05, 0) is 37.0 Å². The van der Waals surface area contributed by atoms with E-state index in [4.69, 9.17) is 10.5 Å². The Hall–Kier alpha value is -0.730. The summed E-state index contributed by atoms with van der Waals surface area (Å²) in [5.74, 6) is 1.80. The second-order valence-electron chi connectivity index (χ2n) is 4.29. The maximum absolute atomic E-state index is 6.15. The number of hydrogen-bond donors (Lipinski definition) is 1. The molecule has 0 aromatic heterocycles. The molecule has 0 spiro atoms. The van der Waals surface area contributed by atoms with Crippen LogP contribution in [0.4, 0.5) is 0 Å². The lowest BCUT2D eigenvalue weighted by Gasteiger charge is -2.12. The summed E-state index contributed by atoms with van der Waals surface area (Å²) in [6, 6.07) is 8.34. The van der Waals surface area contributed by atoms with Gasteiger partial charge in [0.15, 0.2) is 0 Å². The van der Waals surface area contributed by atoms with Crippen LogP contribution < -0.4 is 10.5 Å². The average Bonchev–Trinajstić information content (AvgIpc) is 3.03. The van der Waals surface area contributed by atoms with Gasteiger partial charge in [0, 0.05) is 6.04 Å². The zero-order chi connectivity index (χ0) is 10.7. The molecule has 3 heteroatoms. The quantitative estimate of drug-likeness (QED) is 0.859. The van der Waals surface area contributed by atoms with E-state index in [2.05, 4.69) is 12.1 Å². The standard InChI is InChI=1S/C13H19NO.ClH/c1-2-15-12-5-3-4-11(9-12)13(14)8-10-6-7-10;/h3-5,9-10,13H,2,6-8,14H2,1H3;1H/t13-;/m0./s1. The monoisotopic (exact) mass is 241 g/mol. The van der Waals surface area contributed by atoms with Crippen molar-refractivity contribution in [3.05, 3.63) is 29.8 Å². The molecular formula is C13H20ClNO. The van der Waals surface area contributed by atoms with Crippen LogP contribution in [-0.4, -0.2) is 6.61 Å². The van der Waals surface area contributed by atoms with Crippen LogP contribution in [0.3, 0.4) is 0 Å². The molecule has 0 aliphatic heterocycles. The van der Waals surface area contributed by atoms with Crippen LogP contribution in [0.2, 0.25) is 0 Å². The molecule has 16 heavy (non-hydrogen) atoms. The lowest BCUT2D eigenvalue weighted by molar-refractivity contribution is 0.339. The summed E-state index contributed by atoms with van der Waals surface area (Å²) < 4.78 is 5.46. The van der Waals surface area contributed by atoms with Crippen molar-refractivity contribution in [3.63, 3.8) is 0 Å². The molecule has 2 nitrogen and oxygen atoms in total. The van der Waals surface area contributed by atoms with E-state index in [9.17, 15) is 0 Å². The van der Waals surface area contributed by atoms with Crippen LogP contribution in [0.5, 0.6) is 5.75 Å². The van der Waals surface area contributed by atoms with Gasteiger partial charge in [-0.15, -0.1) is 12.4 Å². The van der Waals surface area contributed by atoms with Crippen LogP contribution in [0, 0.1) is 5.92 Å². The molecule has 0 amide bonds. The summed E-state index contributed by atoms with van der Waals surface area (Å²) in [7, 11) is 0. The van der Waals surface area contributed by atoms with Crippen molar-refractivity contribution >= 4 is 12.4 Å². The zero-order valence-corrected chi connectivity index (χ0v) is 10.5. The van der Waals surface area contributed by atoms with Gasteiger partial charge in [-0.3, -0.25) is 0 Å². The van der Waals surface area contributed by atoms with Gasteiger partial charge in [-0.1, -0.05) is 25.0 Å². The van der Waals surface area contributed by atoms with E-state index in [0.29, 0.717) is 6.61 Å². The first kappa shape index (κ1) is 13.3. The number of benzene rings is 1. The van der Waals surface area contributed by atoms with Crippen LogP contribution in [-0.2, 0) is 0 Å². The van der Waals surface area contributed by atoms with Crippen molar-refractivity contribution in [2.75, 3.05) is 6.61 Å². The van der Waals surface area contributed by atoms with E-state index in [-0.39, 0.29) is 18.4 Å². The highest BCUT2D eigenvalue weighted by atomic mass is 35.5. The van der Waals surface area contributed by atoms with Gasteiger partial charge in [0.1, 0.15) is 5.75 Å². The SMILES string of the molecule is CCOc1cccc([C@@H](N)CC2CC2)c1.Cl. The highest BCUT2D eigenvalue weighted by Crippen LogP contribution is 2.37. The van der Waals surface area contributed by atoms with Gasteiger partial charge in [0.2, 0.25) is 0 Å². The lowest BCUT2D eigenvalue weighted by atomic mass is 10.0. The van der Waals surface area contributed by atoms with Crippen molar-refractivity contribution in [2.24, 2.45) is 11.7 Å². The van der Waals surface area contributed by atoms with Crippen LogP contribution in [0.1, 0.15) is 37.8 Å². The molecule has 0 heterocycles. The third kappa shape index (κ3) is 3.69. The zero-order valence-electron chi connectivity index (χ0n) is 9.69. The second-order valence-corrected chi connectivity index (χ2v) is 4.29. The minimum Gasteiger partial charge on any atom is -0.494 e. The fourth-order valence-corrected chi connectivity index (χ4v) is 1.85. The molecule has 2 N–H and O–H groups in total. The van der Waals surface area contributed by atoms with E-state index in [1.54, 1.807) is 0 Å². The van der Waals surface area contributed by atoms with E-state index >= 15 is 0 Å². The first-order valence-electron chi connectivity index (χ1n) is 5.78. The smallest absolute Gasteiger partial charge is 0.119 e. The molecule has 1 aromatic rings. The maximum Gasteiger partial charge on any atom is 0.119 e. The third-order valence-corrected chi connectivity index (χ3v) is 2.88. The number of ether oxygens (including phenoxy) is 1. The van der Waals surface area contributed by atoms with Gasteiger partial charge in [-0.25, -0.2) is 0 Å². The van der Waals surface area contributed by atoms with Crippen molar-refractivity contribution in [1.29, 1.82) is 0 Å². The molecule has 90 valence electrons. The van der Waals surface area contributed by atoms with Crippen LogP contribution in [0.25, 0.3) is 0 Å². The molecule has 1 aliphatic carbocycles. The third-order valence-electron chi connectivity index (χ3n) is 2.88. The Kier molecular flexibility index (Phi) is 5.10. The molecule has 1 aromatic carbocycles. The average molecular weight is 242 g/mol.